The Morgan fingerprint density at radius 2 is 1.61 bits per heavy atom. The van der Waals surface area contributed by atoms with Crippen LogP contribution in [-0.2, 0) is 9.59 Å². The molecule has 1 aromatic rings. The monoisotopic (exact) mass is 395 g/mol. The lowest BCUT2D eigenvalue weighted by atomic mass is 9.63. The first-order chi connectivity index (χ1) is 13.4. The Bertz CT molecular complexity index is 823. The van der Waals surface area contributed by atoms with Gasteiger partial charge in [-0.1, -0.05) is 17.9 Å². The predicted octanol–water partition coefficient (Wildman–Crippen LogP) is 4.58. The maximum atomic E-state index is 13.2. The predicted molar refractivity (Wildman–Crippen MR) is 114 cm³/mol. The third kappa shape index (κ3) is 3.93. The topological polar surface area (TPSA) is 37.4 Å². The second-order valence-electron chi connectivity index (χ2n) is 8.85. The number of carbonyl (C=O) groups is 2. The molecule has 0 atom stereocenters. The van der Waals surface area contributed by atoms with E-state index in [1.807, 2.05) is 44.9 Å². The minimum atomic E-state index is -0.576. The van der Waals surface area contributed by atoms with Gasteiger partial charge in [0.2, 0.25) is 0 Å². The van der Waals surface area contributed by atoms with Gasteiger partial charge in [-0.05, 0) is 80.7 Å². The highest BCUT2D eigenvalue weighted by Crippen LogP contribution is 2.48. The second kappa shape index (κ2) is 7.69. The lowest BCUT2D eigenvalue weighted by molar-refractivity contribution is -0.137. The van der Waals surface area contributed by atoms with Crippen LogP contribution in [0, 0.1) is 31.1 Å². The number of benzene rings is 1. The molecule has 0 unspecified atom stereocenters. The molecule has 1 spiro atoms. The molecule has 2 aliphatic carbocycles. The molecular weight excluding hydrogens is 366 g/mol. The van der Waals surface area contributed by atoms with Crippen LogP contribution in [0.4, 0.5) is 0 Å². The highest BCUT2D eigenvalue weighted by atomic mass is 32.2. The fourth-order valence-corrected chi connectivity index (χ4v) is 6.12. The molecule has 0 radical (unpaired) electrons. The number of nitrogens with zero attached hydrogens (tertiary/aromatic N) is 1. The second-order valence-corrected chi connectivity index (χ2v) is 10.2. The zero-order chi connectivity index (χ0) is 19.9. The number of aryl methyl sites for hydroxylation is 2. The van der Waals surface area contributed by atoms with Crippen molar-refractivity contribution in [1.82, 2.24) is 4.31 Å². The molecule has 0 bridgehead atoms. The summed E-state index contributed by atoms with van der Waals surface area (Å²) in [6.45, 7) is 7.84. The number of hydrogen-bond acceptors (Lipinski definition) is 4. The van der Waals surface area contributed by atoms with E-state index in [-0.39, 0.29) is 17.0 Å². The normalized spacial score (nSPS) is 23.0. The van der Waals surface area contributed by atoms with E-state index in [1.165, 1.54) is 12.8 Å². The van der Waals surface area contributed by atoms with Crippen LogP contribution in [-0.4, -0.2) is 34.2 Å². The maximum Gasteiger partial charge on any atom is 0.148 e. The van der Waals surface area contributed by atoms with Crippen molar-refractivity contribution in [3.63, 3.8) is 0 Å². The van der Waals surface area contributed by atoms with Crippen LogP contribution in [0.3, 0.4) is 0 Å². The molecule has 1 heterocycles. The van der Waals surface area contributed by atoms with Gasteiger partial charge in [0.15, 0.2) is 0 Å². The Morgan fingerprint density at radius 3 is 2.11 bits per heavy atom. The molecule has 0 aromatic heterocycles. The zero-order valence-corrected chi connectivity index (χ0v) is 18.0. The molecule has 0 N–H and O–H groups in total. The van der Waals surface area contributed by atoms with Crippen LogP contribution in [0.5, 0.6) is 0 Å². The number of Topliss-reactive ketones (excluding diaryl/α,β-unsaturated/α-hetero) is 2. The van der Waals surface area contributed by atoms with Crippen LogP contribution in [0.15, 0.2) is 12.1 Å². The summed E-state index contributed by atoms with van der Waals surface area (Å²) in [6, 6.07) is 4.02. The van der Waals surface area contributed by atoms with Crippen molar-refractivity contribution in [2.75, 3.05) is 13.1 Å². The maximum absolute atomic E-state index is 13.2. The smallest absolute Gasteiger partial charge is 0.148 e. The van der Waals surface area contributed by atoms with Crippen molar-refractivity contribution in [3.8, 4) is 11.8 Å². The van der Waals surface area contributed by atoms with Crippen LogP contribution in [0.2, 0.25) is 0 Å². The first-order valence-corrected chi connectivity index (χ1v) is 11.3. The van der Waals surface area contributed by atoms with Gasteiger partial charge in [-0.2, -0.15) is 0 Å². The summed E-state index contributed by atoms with van der Waals surface area (Å²) >= 11 is 1.99. The van der Waals surface area contributed by atoms with Crippen molar-refractivity contribution < 1.29 is 9.59 Å². The van der Waals surface area contributed by atoms with E-state index in [4.69, 9.17) is 0 Å². The largest absolute Gasteiger partial charge is 0.299 e. The van der Waals surface area contributed by atoms with E-state index in [9.17, 15) is 9.59 Å². The molecular formula is C24H29NO2S. The zero-order valence-electron chi connectivity index (χ0n) is 17.1. The van der Waals surface area contributed by atoms with Gasteiger partial charge < -0.3 is 0 Å². The summed E-state index contributed by atoms with van der Waals surface area (Å²) in [6.07, 6.45) is 5.74. The Hall–Kier alpha value is -1.57. The SMILES string of the molecule is CC#Cc1cc(C)c(C2C(=O)CC3(CCN(SC4CC4)CC3)CC2=O)c(C)c1. The van der Waals surface area contributed by atoms with E-state index in [0.717, 1.165) is 53.4 Å². The Morgan fingerprint density at radius 1 is 1.04 bits per heavy atom. The number of ketones is 2. The highest BCUT2D eigenvalue weighted by molar-refractivity contribution is 7.97. The van der Waals surface area contributed by atoms with Crippen LogP contribution in [0.1, 0.15) is 73.6 Å². The Balaban J connectivity index is 1.51. The van der Waals surface area contributed by atoms with Gasteiger partial charge >= 0.3 is 0 Å². The molecule has 1 aliphatic heterocycles. The van der Waals surface area contributed by atoms with Crippen molar-refractivity contribution in [3.05, 3.63) is 34.4 Å². The minimum absolute atomic E-state index is 0.0965. The summed E-state index contributed by atoms with van der Waals surface area (Å²) in [5.41, 5.74) is 3.80. The van der Waals surface area contributed by atoms with E-state index in [1.54, 1.807) is 0 Å². The van der Waals surface area contributed by atoms with Gasteiger partial charge in [0.05, 0.1) is 0 Å². The summed E-state index contributed by atoms with van der Waals surface area (Å²) in [4.78, 5) is 26.4. The van der Waals surface area contributed by atoms with E-state index < -0.39 is 5.92 Å². The van der Waals surface area contributed by atoms with Crippen molar-refractivity contribution >= 4 is 23.5 Å². The lowest BCUT2D eigenvalue weighted by Crippen LogP contribution is -2.45. The van der Waals surface area contributed by atoms with Gasteiger partial charge in [0, 0.05) is 36.7 Å². The van der Waals surface area contributed by atoms with Crippen molar-refractivity contribution in [2.24, 2.45) is 5.41 Å². The molecule has 148 valence electrons. The molecule has 1 saturated heterocycles. The van der Waals surface area contributed by atoms with Crippen molar-refractivity contribution in [1.29, 1.82) is 0 Å². The Labute approximate surface area is 172 Å². The first kappa shape index (κ1) is 19.7. The fraction of sp³-hybridized carbons (Fsp3) is 0.583. The van der Waals surface area contributed by atoms with Gasteiger partial charge in [0.1, 0.15) is 17.5 Å². The summed E-state index contributed by atoms with van der Waals surface area (Å²) in [5.74, 6) is 5.68. The quantitative estimate of drug-likeness (QED) is 0.426. The van der Waals surface area contributed by atoms with E-state index in [0.29, 0.717) is 12.8 Å². The summed E-state index contributed by atoms with van der Waals surface area (Å²) in [5, 5.41) is 0.819. The van der Waals surface area contributed by atoms with Gasteiger partial charge in [-0.25, -0.2) is 0 Å². The fourth-order valence-electron chi connectivity index (χ4n) is 4.96. The molecule has 3 aliphatic rings. The molecule has 3 fully saturated rings. The number of piperidine rings is 1. The molecule has 1 aromatic carbocycles. The Kier molecular flexibility index (Phi) is 5.42. The number of carbonyl (C=O) groups excluding carboxylic acids is 2. The van der Waals surface area contributed by atoms with Gasteiger partial charge in [-0.3, -0.25) is 13.9 Å². The number of hydrogen-bond donors (Lipinski definition) is 0. The van der Waals surface area contributed by atoms with Crippen molar-refractivity contribution in [2.45, 2.75) is 70.5 Å². The van der Waals surface area contributed by atoms with Crippen LogP contribution in [0.25, 0.3) is 0 Å². The number of rotatable bonds is 3. The van der Waals surface area contributed by atoms with Gasteiger partial charge in [-0.15, -0.1) is 5.92 Å². The molecule has 2 saturated carbocycles. The highest BCUT2D eigenvalue weighted by Gasteiger charge is 2.47. The third-order valence-electron chi connectivity index (χ3n) is 6.50. The molecule has 28 heavy (non-hydrogen) atoms. The van der Waals surface area contributed by atoms with E-state index in [2.05, 4.69) is 16.1 Å². The van der Waals surface area contributed by atoms with Crippen LogP contribution < -0.4 is 0 Å². The molecule has 4 rings (SSSR count). The molecule has 0 amide bonds. The summed E-state index contributed by atoms with van der Waals surface area (Å²) < 4.78 is 2.46. The lowest BCUT2D eigenvalue weighted by Gasteiger charge is -2.44. The minimum Gasteiger partial charge on any atom is -0.299 e. The molecule has 4 heteroatoms. The average Bonchev–Trinajstić information content (AvgIpc) is 3.43. The summed E-state index contributed by atoms with van der Waals surface area (Å²) in [7, 11) is 0. The van der Waals surface area contributed by atoms with Crippen LogP contribution >= 0.6 is 11.9 Å². The first-order valence-electron chi connectivity index (χ1n) is 10.4. The average molecular weight is 396 g/mol. The third-order valence-corrected chi connectivity index (χ3v) is 7.93. The van der Waals surface area contributed by atoms with E-state index >= 15 is 0 Å². The standard InChI is InChI=1S/C24H29NO2S/c1-4-5-18-12-16(2)22(17(3)13-18)23-20(26)14-24(15-21(23)27)8-10-25(11-9-24)28-19-6-7-19/h12-13,19,23H,6-11,14-15H2,1-3H3. The van der Waals surface area contributed by atoms with Gasteiger partial charge in [0.25, 0.3) is 0 Å². The molecule has 3 nitrogen and oxygen atoms in total.